The molecule has 3 N–H and O–H groups in total. The van der Waals surface area contributed by atoms with Crippen molar-refractivity contribution in [1.82, 2.24) is 16.0 Å². The van der Waals surface area contributed by atoms with E-state index in [1.807, 2.05) is 0 Å². The summed E-state index contributed by atoms with van der Waals surface area (Å²) in [6.07, 6.45) is 4.81. The highest BCUT2D eigenvalue weighted by Gasteiger charge is 2.21. The summed E-state index contributed by atoms with van der Waals surface area (Å²) in [7, 11) is 0. The summed E-state index contributed by atoms with van der Waals surface area (Å²) in [5.41, 5.74) is 0.416. The number of carbonyl (C=O) groups excluding carboxylic acids is 2. The van der Waals surface area contributed by atoms with Crippen molar-refractivity contribution < 1.29 is 14.0 Å². The van der Waals surface area contributed by atoms with E-state index in [1.165, 1.54) is 12.5 Å². The molecule has 112 valence electrons. The Bertz CT molecular complexity index is 430. The van der Waals surface area contributed by atoms with Crippen molar-refractivity contribution in [1.29, 1.82) is 0 Å². The van der Waals surface area contributed by atoms with E-state index in [0.29, 0.717) is 5.56 Å². The topological polar surface area (TPSA) is 83.4 Å². The van der Waals surface area contributed by atoms with Crippen LogP contribution in [0.1, 0.15) is 30.1 Å². The number of carbonyl (C=O) groups is 2. The van der Waals surface area contributed by atoms with Crippen LogP contribution in [0, 0.1) is 0 Å². The molecule has 1 fully saturated rings. The lowest BCUT2D eigenvalue weighted by molar-refractivity contribution is -0.123. The maximum absolute atomic E-state index is 11.9. The fourth-order valence-electron chi connectivity index (χ4n) is 2.04. The van der Waals surface area contributed by atoms with Crippen LogP contribution < -0.4 is 16.0 Å². The summed E-state index contributed by atoms with van der Waals surface area (Å²) in [5, 5.41) is 8.80. The van der Waals surface area contributed by atoms with Crippen molar-refractivity contribution in [2.45, 2.75) is 31.8 Å². The minimum absolute atomic E-state index is 0. The maximum atomic E-state index is 11.9. The Balaban J connectivity index is 0.00000200. The predicted molar refractivity (Wildman–Crippen MR) is 76.9 cm³/mol. The highest BCUT2D eigenvalue weighted by molar-refractivity contribution is 5.97. The van der Waals surface area contributed by atoms with Gasteiger partial charge in [0.2, 0.25) is 5.91 Å². The molecule has 7 heteroatoms. The quantitative estimate of drug-likeness (QED) is 0.764. The van der Waals surface area contributed by atoms with Gasteiger partial charge in [-0.25, -0.2) is 0 Å². The van der Waals surface area contributed by atoms with Gasteiger partial charge in [-0.3, -0.25) is 9.59 Å². The average molecular weight is 302 g/mol. The Kier molecular flexibility index (Phi) is 6.54. The largest absolute Gasteiger partial charge is 0.472 e. The van der Waals surface area contributed by atoms with Crippen molar-refractivity contribution in [3.63, 3.8) is 0 Å². The van der Waals surface area contributed by atoms with Crippen LogP contribution in [0.2, 0.25) is 0 Å². The second-order valence-electron chi connectivity index (χ2n) is 4.76. The molecule has 0 bridgehead atoms. The number of amides is 2. The highest BCUT2D eigenvalue weighted by Crippen LogP contribution is 2.03. The van der Waals surface area contributed by atoms with Crippen molar-refractivity contribution in [3.05, 3.63) is 24.2 Å². The van der Waals surface area contributed by atoms with Gasteiger partial charge >= 0.3 is 0 Å². The zero-order valence-corrected chi connectivity index (χ0v) is 12.2. The van der Waals surface area contributed by atoms with Gasteiger partial charge in [-0.1, -0.05) is 0 Å². The molecule has 20 heavy (non-hydrogen) atoms. The summed E-state index contributed by atoms with van der Waals surface area (Å²) in [5.74, 6) is -0.469. The van der Waals surface area contributed by atoms with Gasteiger partial charge in [0.1, 0.15) is 12.3 Å². The minimum atomic E-state index is -0.565. The first-order chi connectivity index (χ1) is 9.16. The van der Waals surface area contributed by atoms with Crippen LogP contribution in [0.15, 0.2) is 23.0 Å². The molecule has 0 aliphatic carbocycles. The third kappa shape index (κ3) is 4.54. The molecule has 1 saturated heterocycles. The number of furan rings is 1. The smallest absolute Gasteiger partial charge is 0.255 e. The SMILES string of the molecule is CC(NC(=O)c1ccoc1)C(=O)NC1CCCNC1.Cl. The van der Waals surface area contributed by atoms with E-state index >= 15 is 0 Å². The van der Waals surface area contributed by atoms with Gasteiger partial charge in [-0.2, -0.15) is 0 Å². The molecule has 1 aromatic rings. The minimum Gasteiger partial charge on any atom is -0.472 e. The number of hydrogen-bond donors (Lipinski definition) is 3. The standard InChI is InChI=1S/C13H19N3O3.ClH/c1-9(15-13(18)10-4-6-19-8-10)12(17)16-11-3-2-5-14-7-11;/h4,6,8-9,11,14H,2-3,5,7H2,1H3,(H,15,18)(H,16,17);1H. The number of piperidine rings is 1. The molecule has 2 atom stereocenters. The fourth-order valence-corrected chi connectivity index (χ4v) is 2.04. The summed E-state index contributed by atoms with van der Waals surface area (Å²) >= 11 is 0. The van der Waals surface area contributed by atoms with E-state index < -0.39 is 6.04 Å². The van der Waals surface area contributed by atoms with Crippen molar-refractivity contribution in [2.75, 3.05) is 13.1 Å². The van der Waals surface area contributed by atoms with E-state index in [1.54, 1.807) is 13.0 Å². The first kappa shape index (κ1) is 16.5. The highest BCUT2D eigenvalue weighted by atomic mass is 35.5. The van der Waals surface area contributed by atoms with Gasteiger partial charge in [0, 0.05) is 12.6 Å². The van der Waals surface area contributed by atoms with E-state index in [4.69, 9.17) is 4.42 Å². The van der Waals surface area contributed by atoms with Crippen LogP contribution in [0.5, 0.6) is 0 Å². The van der Waals surface area contributed by atoms with E-state index in [0.717, 1.165) is 25.9 Å². The predicted octanol–water partition coefficient (Wildman–Crippen LogP) is 0.688. The van der Waals surface area contributed by atoms with E-state index in [9.17, 15) is 9.59 Å². The number of nitrogens with one attached hydrogen (secondary N) is 3. The van der Waals surface area contributed by atoms with Crippen LogP contribution in [-0.2, 0) is 4.79 Å². The van der Waals surface area contributed by atoms with Crippen LogP contribution in [-0.4, -0.2) is 37.0 Å². The molecule has 6 nitrogen and oxygen atoms in total. The molecule has 2 rings (SSSR count). The first-order valence-electron chi connectivity index (χ1n) is 6.51. The lowest BCUT2D eigenvalue weighted by atomic mass is 10.1. The average Bonchev–Trinajstić information content (AvgIpc) is 2.93. The molecule has 1 aliphatic rings. The molecule has 2 unspecified atom stereocenters. The first-order valence-corrected chi connectivity index (χ1v) is 6.51. The van der Waals surface area contributed by atoms with Crippen molar-refractivity contribution >= 4 is 24.2 Å². The summed E-state index contributed by atoms with van der Waals surface area (Å²) in [6.45, 7) is 3.46. The molecule has 2 heterocycles. The Labute approximate surface area is 124 Å². The number of rotatable bonds is 4. The Morgan fingerprint density at radius 1 is 1.50 bits per heavy atom. The number of hydrogen-bond acceptors (Lipinski definition) is 4. The lowest BCUT2D eigenvalue weighted by Crippen LogP contribution is -2.52. The Morgan fingerprint density at radius 3 is 2.90 bits per heavy atom. The van der Waals surface area contributed by atoms with Gasteiger partial charge in [0.15, 0.2) is 0 Å². The monoisotopic (exact) mass is 301 g/mol. The summed E-state index contributed by atoms with van der Waals surface area (Å²) in [4.78, 5) is 23.7. The van der Waals surface area contributed by atoms with Crippen molar-refractivity contribution in [2.24, 2.45) is 0 Å². The van der Waals surface area contributed by atoms with Gasteiger partial charge in [0.25, 0.3) is 5.91 Å². The molecule has 0 aromatic carbocycles. The van der Waals surface area contributed by atoms with Crippen LogP contribution in [0.3, 0.4) is 0 Å². The molecule has 0 saturated carbocycles. The molecule has 0 radical (unpaired) electrons. The molecule has 1 aliphatic heterocycles. The molecular formula is C13H20ClN3O3. The number of halogens is 1. The van der Waals surface area contributed by atoms with E-state index in [2.05, 4.69) is 16.0 Å². The molecule has 1 aromatic heterocycles. The summed E-state index contributed by atoms with van der Waals surface area (Å²) in [6, 6.07) is 1.14. The third-order valence-corrected chi connectivity index (χ3v) is 3.17. The zero-order chi connectivity index (χ0) is 13.7. The third-order valence-electron chi connectivity index (χ3n) is 3.17. The Hall–Kier alpha value is -1.53. The lowest BCUT2D eigenvalue weighted by Gasteiger charge is -2.25. The Morgan fingerprint density at radius 2 is 2.30 bits per heavy atom. The van der Waals surface area contributed by atoms with Gasteiger partial charge in [0.05, 0.1) is 11.8 Å². The van der Waals surface area contributed by atoms with Gasteiger partial charge in [-0.15, -0.1) is 12.4 Å². The second-order valence-corrected chi connectivity index (χ2v) is 4.76. The van der Waals surface area contributed by atoms with Crippen molar-refractivity contribution in [3.8, 4) is 0 Å². The van der Waals surface area contributed by atoms with E-state index in [-0.39, 0.29) is 30.3 Å². The zero-order valence-electron chi connectivity index (χ0n) is 11.3. The van der Waals surface area contributed by atoms with Gasteiger partial charge in [-0.05, 0) is 32.4 Å². The molecular weight excluding hydrogens is 282 g/mol. The van der Waals surface area contributed by atoms with Gasteiger partial charge < -0.3 is 20.4 Å². The second kappa shape index (κ2) is 7.91. The summed E-state index contributed by atoms with van der Waals surface area (Å²) < 4.78 is 4.83. The molecule has 0 spiro atoms. The van der Waals surface area contributed by atoms with Crippen LogP contribution in [0.4, 0.5) is 0 Å². The van der Waals surface area contributed by atoms with Crippen LogP contribution in [0.25, 0.3) is 0 Å². The normalized spacial score (nSPS) is 19.6. The molecule has 2 amide bonds. The van der Waals surface area contributed by atoms with Crippen LogP contribution >= 0.6 is 12.4 Å². The maximum Gasteiger partial charge on any atom is 0.255 e. The fraction of sp³-hybridized carbons (Fsp3) is 0.538.